The lowest BCUT2D eigenvalue weighted by Gasteiger charge is -2.29. The van der Waals surface area contributed by atoms with E-state index in [1.807, 2.05) is 0 Å². The van der Waals surface area contributed by atoms with Crippen molar-refractivity contribution >= 4 is 15.9 Å². The summed E-state index contributed by atoms with van der Waals surface area (Å²) in [5, 5.41) is 0. The van der Waals surface area contributed by atoms with Gasteiger partial charge in [0.25, 0.3) is 0 Å². The predicted molar refractivity (Wildman–Crippen MR) is 71.9 cm³/mol. The summed E-state index contributed by atoms with van der Waals surface area (Å²) in [6, 6.07) is 6.61. The largest absolute Gasteiger partial charge is 0.0893 e. The maximum absolute atomic E-state index is 3.65. The van der Waals surface area contributed by atoms with E-state index in [0.29, 0.717) is 4.83 Å². The Labute approximate surface area is 102 Å². The standard InChI is InChI=1S/C14H21Br/c1-10-7-6-8-13(12(10)3)14(4,5)9-11(2)15/h6-8,11H,9H2,1-5H3. The van der Waals surface area contributed by atoms with Crippen molar-refractivity contribution in [1.29, 1.82) is 0 Å². The molecule has 0 N–H and O–H groups in total. The summed E-state index contributed by atoms with van der Waals surface area (Å²) in [4.78, 5) is 0.562. The number of hydrogen-bond acceptors (Lipinski definition) is 0. The highest BCUT2D eigenvalue weighted by atomic mass is 79.9. The van der Waals surface area contributed by atoms with Gasteiger partial charge in [-0.05, 0) is 42.4 Å². The van der Waals surface area contributed by atoms with Crippen molar-refractivity contribution in [3.63, 3.8) is 0 Å². The van der Waals surface area contributed by atoms with Crippen molar-refractivity contribution in [3.8, 4) is 0 Å². The summed E-state index contributed by atoms with van der Waals surface area (Å²) in [7, 11) is 0. The summed E-state index contributed by atoms with van der Waals surface area (Å²) in [6.07, 6.45) is 1.16. The number of hydrogen-bond donors (Lipinski definition) is 0. The van der Waals surface area contributed by atoms with Crippen LogP contribution in [-0.4, -0.2) is 4.83 Å². The Morgan fingerprint density at radius 3 is 2.40 bits per heavy atom. The van der Waals surface area contributed by atoms with Crippen LogP contribution in [0.15, 0.2) is 18.2 Å². The normalized spacial score (nSPS) is 14.0. The Hall–Kier alpha value is -0.300. The van der Waals surface area contributed by atoms with Gasteiger partial charge in [0.1, 0.15) is 0 Å². The zero-order valence-electron chi connectivity index (χ0n) is 10.4. The Kier molecular flexibility index (Phi) is 3.99. The molecule has 0 aliphatic rings. The molecule has 0 saturated carbocycles. The molecule has 0 spiro atoms. The van der Waals surface area contributed by atoms with Crippen molar-refractivity contribution in [2.24, 2.45) is 0 Å². The maximum Gasteiger partial charge on any atom is 0.0125 e. The van der Waals surface area contributed by atoms with Crippen LogP contribution in [0.2, 0.25) is 0 Å². The number of halogens is 1. The van der Waals surface area contributed by atoms with E-state index in [-0.39, 0.29) is 5.41 Å². The Bertz CT molecular complexity index is 337. The van der Waals surface area contributed by atoms with E-state index in [1.54, 1.807) is 0 Å². The van der Waals surface area contributed by atoms with Crippen molar-refractivity contribution < 1.29 is 0 Å². The average molecular weight is 269 g/mol. The molecule has 0 radical (unpaired) electrons. The Balaban J connectivity index is 3.09. The molecule has 0 amide bonds. The molecule has 0 aliphatic heterocycles. The van der Waals surface area contributed by atoms with Gasteiger partial charge in [0, 0.05) is 4.83 Å². The molecular weight excluding hydrogens is 248 g/mol. The number of benzene rings is 1. The molecule has 84 valence electrons. The van der Waals surface area contributed by atoms with Crippen molar-refractivity contribution in [3.05, 3.63) is 34.9 Å². The minimum absolute atomic E-state index is 0.249. The van der Waals surface area contributed by atoms with Gasteiger partial charge in [0.15, 0.2) is 0 Å². The van der Waals surface area contributed by atoms with Gasteiger partial charge in [-0.3, -0.25) is 0 Å². The Morgan fingerprint density at radius 1 is 1.27 bits per heavy atom. The third-order valence-corrected chi connectivity index (χ3v) is 3.45. The highest BCUT2D eigenvalue weighted by Gasteiger charge is 2.24. The summed E-state index contributed by atoms with van der Waals surface area (Å²) >= 11 is 3.65. The quantitative estimate of drug-likeness (QED) is 0.694. The van der Waals surface area contributed by atoms with Crippen LogP contribution in [0.5, 0.6) is 0 Å². The first-order chi connectivity index (χ1) is 6.84. The van der Waals surface area contributed by atoms with Crippen molar-refractivity contribution in [1.82, 2.24) is 0 Å². The lowest BCUT2D eigenvalue weighted by atomic mass is 9.78. The van der Waals surface area contributed by atoms with Crippen molar-refractivity contribution in [2.75, 3.05) is 0 Å². The van der Waals surface area contributed by atoms with E-state index < -0.39 is 0 Å². The van der Waals surface area contributed by atoms with E-state index >= 15 is 0 Å². The molecule has 1 aromatic rings. The second kappa shape index (κ2) is 4.69. The predicted octanol–water partition coefficient (Wildman–Crippen LogP) is 4.75. The third kappa shape index (κ3) is 3.07. The SMILES string of the molecule is Cc1cccc(C(C)(C)CC(C)Br)c1C. The minimum Gasteiger partial charge on any atom is -0.0893 e. The molecule has 0 nitrogen and oxygen atoms in total. The van der Waals surface area contributed by atoms with Gasteiger partial charge >= 0.3 is 0 Å². The molecule has 0 bridgehead atoms. The van der Waals surface area contributed by atoms with Gasteiger partial charge in [-0.2, -0.15) is 0 Å². The first-order valence-corrected chi connectivity index (χ1v) is 6.47. The molecule has 1 atom stereocenters. The van der Waals surface area contributed by atoms with Crippen LogP contribution < -0.4 is 0 Å². The fourth-order valence-corrected chi connectivity index (χ4v) is 3.11. The lowest BCUT2D eigenvalue weighted by Crippen LogP contribution is -2.22. The molecule has 0 heterocycles. The number of rotatable bonds is 3. The van der Waals surface area contributed by atoms with Gasteiger partial charge in [0.05, 0.1) is 0 Å². The highest BCUT2D eigenvalue weighted by molar-refractivity contribution is 9.09. The van der Waals surface area contributed by atoms with Gasteiger partial charge in [-0.25, -0.2) is 0 Å². The van der Waals surface area contributed by atoms with Crippen LogP contribution in [0, 0.1) is 13.8 Å². The van der Waals surface area contributed by atoms with Crippen LogP contribution in [0.3, 0.4) is 0 Å². The molecule has 0 fully saturated rings. The maximum atomic E-state index is 3.65. The van der Waals surface area contributed by atoms with Gasteiger partial charge < -0.3 is 0 Å². The molecule has 1 heteroatoms. The van der Waals surface area contributed by atoms with E-state index in [4.69, 9.17) is 0 Å². The average Bonchev–Trinajstić information content (AvgIpc) is 2.07. The lowest BCUT2D eigenvalue weighted by molar-refractivity contribution is 0.479. The molecular formula is C14H21Br. The van der Waals surface area contributed by atoms with Crippen molar-refractivity contribution in [2.45, 2.75) is 51.3 Å². The fourth-order valence-electron chi connectivity index (χ4n) is 2.30. The molecule has 0 aliphatic carbocycles. The van der Waals surface area contributed by atoms with Gasteiger partial charge in [-0.15, -0.1) is 0 Å². The summed E-state index contributed by atoms with van der Waals surface area (Å²) < 4.78 is 0. The smallest absolute Gasteiger partial charge is 0.0125 e. The van der Waals surface area contributed by atoms with Crippen LogP contribution in [0.25, 0.3) is 0 Å². The number of aryl methyl sites for hydroxylation is 1. The summed E-state index contributed by atoms with van der Waals surface area (Å²) in [5.41, 5.74) is 4.56. The highest BCUT2D eigenvalue weighted by Crippen LogP contribution is 2.33. The second-order valence-electron chi connectivity index (χ2n) is 5.12. The summed E-state index contributed by atoms with van der Waals surface area (Å²) in [5.74, 6) is 0. The van der Waals surface area contributed by atoms with Gasteiger partial charge in [-0.1, -0.05) is 54.9 Å². The molecule has 1 unspecified atom stereocenters. The zero-order chi connectivity index (χ0) is 11.6. The van der Waals surface area contributed by atoms with Gasteiger partial charge in [0.2, 0.25) is 0 Å². The van der Waals surface area contributed by atoms with Crippen LogP contribution in [0.4, 0.5) is 0 Å². The van der Waals surface area contributed by atoms with Crippen LogP contribution in [0.1, 0.15) is 43.9 Å². The fraction of sp³-hybridized carbons (Fsp3) is 0.571. The topological polar surface area (TPSA) is 0 Å². The van der Waals surface area contributed by atoms with Crippen LogP contribution in [-0.2, 0) is 5.41 Å². The minimum atomic E-state index is 0.249. The zero-order valence-corrected chi connectivity index (χ0v) is 12.0. The van der Waals surface area contributed by atoms with E-state index in [9.17, 15) is 0 Å². The van der Waals surface area contributed by atoms with E-state index in [2.05, 4.69) is 68.7 Å². The first-order valence-electron chi connectivity index (χ1n) is 5.55. The Morgan fingerprint density at radius 2 is 1.87 bits per heavy atom. The van der Waals surface area contributed by atoms with E-state index in [1.165, 1.54) is 16.7 Å². The molecule has 1 rings (SSSR count). The first kappa shape index (κ1) is 12.8. The molecule has 0 saturated heterocycles. The monoisotopic (exact) mass is 268 g/mol. The van der Waals surface area contributed by atoms with E-state index in [0.717, 1.165) is 6.42 Å². The molecule has 1 aromatic carbocycles. The third-order valence-electron chi connectivity index (χ3n) is 3.13. The molecule has 15 heavy (non-hydrogen) atoms. The van der Waals surface area contributed by atoms with Crippen LogP contribution >= 0.6 is 15.9 Å². The second-order valence-corrected chi connectivity index (χ2v) is 6.68. The molecule has 0 aromatic heterocycles. The summed E-state index contributed by atoms with van der Waals surface area (Å²) in [6.45, 7) is 11.3. The number of alkyl halides is 1.